The summed E-state index contributed by atoms with van der Waals surface area (Å²) in [5, 5.41) is 3.19. The van der Waals surface area contributed by atoms with E-state index in [1.807, 2.05) is 12.1 Å². The molecule has 0 bridgehead atoms. The third kappa shape index (κ3) is 3.35. The molecule has 0 aromatic heterocycles. The Balaban J connectivity index is 2.08. The number of rotatable bonds is 3. The van der Waals surface area contributed by atoms with Crippen LogP contribution in [0.5, 0.6) is 0 Å². The van der Waals surface area contributed by atoms with Gasteiger partial charge in [-0.15, -0.1) is 0 Å². The van der Waals surface area contributed by atoms with Crippen molar-refractivity contribution in [1.29, 1.82) is 0 Å². The fourth-order valence-electron chi connectivity index (χ4n) is 2.71. The van der Waals surface area contributed by atoms with Crippen LogP contribution in [0.25, 0.3) is 0 Å². The Hall–Kier alpha value is -1.35. The minimum absolute atomic E-state index is 0.0945. The minimum Gasteiger partial charge on any atom is -0.381 e. The molecule has 19 heavy (non-hydrogen) atoms. The van der Waals surface area contributed by atoms with Gasteiger partial charge < -0.3 is 10.1 Å². The molecule has 1 aliphatic heterocycles. The molecule has 0 aliphatic carbocycles. The summed E-state index contributed by atoms with van der Waals surface area (Å²) < 4.78 is 5.30. The number of hydrogen-bond donors (Lipinski definition) is 1. The van der Waals surface area contributed by atoms with Gasteiger partial charge >= 0.3 is 0 Å². The molecule has 3 heteroatoms. The number of benzene rings is 1. The molecule has 104 valence electrons. The summed E-state index contributed by atoms with van der Waals surface area (Å²) in [5.41, 5.74) is 2.05. The molecule has 2 rings (SSSR count). The Bertz CT molecular complexity index is 448. The second-order valence-corrected chi connectivity index (χ2v) is 5.82. The summed E-state index contributed by atoms with van der Waals surface area (Å²) in [6.07, 6.45) is 1.66. The first-order valence-corrected chi connectivity index (χ1v) is 6.96. The largest absolute Gasteiger partial charge is 0.381 e. The van der Waals surface area contributed by atoms with Crippen molar-refractivity contribution in [2.45, 2.75) is 39.2 Å². The first-order valence-electron chi connectivity index (χ1n) is 6.96. The number of carbonyl (C=O) groups excluding carboxylic acids is 1. The van der Waals surface area contributed by atoms with Crippen molar-refractivity contribution in [3.63, 3.8) is 0 Å². The van der Waals surface area contributed by atoms with Gasteiger partial charge in [-0.3, -0.25) is 4.79 Å². The SMILES string of the molecule is Cc1ccccc1C(C)(C)NC(=O)C1CCOCC1. The highest BCUT2D eigenvalue weighted by Gasteiger charge is 2.29. The van der Waals surface area contributed by atoms with Gasteiger partial charge in [0.1, 0.15) is 0 Å². The van der Waals surface area contributed by atoms with Gasteiger partial charge in [-0.25, -0.2) is 0 Å². The van der Waals surface area contributed by atoms with E-state index in [-0.39, 0.29) is 17.4 Å². The van der Waals surface area contributed by atoms with Crippen LogP contribution in [0.15, 0.2) is 24.3 Å². The maximum Gasteiger partial charge on any atom is 0.223 e. The van der Waals surface area contributed by atoms with E-state index in [0.717, 1.165) is 12.8 Å². The molecule has 3 nitrogen and oxygen atoms in total. The lowest BCUT2D eigenvalue weighted by Crippen LogP contribution is -2.45. The predicted molar refractivity (Wildman–Crippen MR) is 75.9 cm³/mol. The zero-order valence-corrected chi connectivity index (χ0v) is 12.0. The molecule has 0 unspecified atom stereocenters. The lowest BCUT2D eigenvalue weighted by molar-refractivity contribution is -0.129. The molecule has 0 atom stereocenters. The summed E-state index contributed by atoms with van der Waals surface area (Å²) in [6.45, 7) is 7.60. The molecule has 1 aliphatic rings. The van der Waals surface area contributed by atoms with Gasteiger partial charge in [0.15, 0.2) is 0 Å². The molecule has 1 heterocycles. The number of aryl methyl sites for hydroxylation is 1. The van der Waals surface area contributed by atoms with Crippen LogP contribution in [0.1, 0.15) is 37.8 Å². The average Bonchev–Trinajstić information content (AvgIpc) is 2.39. The van der Waals surface area contributed by atoms with E-state index in [0.29, 0.717) is 13.2 Å². The van der Waals surface area contributed by atoms with Crippen molar-refractivity contribution in [3.8, 4) is 0 Å². The number of carbonyl (C=O) groups is 1. The van der Waals surface area contributed by atoms with Gasteiger partial charge in [0, 0.05) is 19.1 Å². The van der Waals surface area contributed by atoms with Crippen LogP contribution in [-0.2, 0) is 15.1 Å². The van der Waals surface area contributed by atoms with Crippen LogP contribution in [0.2, 0.25) is 0 Å². The van der Waals surface area contributed by atoms with Crippen LogP contribution < -0.4 is 5.32 Å². The average molecular weight is 261 g/mol. The number of ether oxygens (including phenoxy) is 1. The summed E-state index contributed by atoms with van der Waals surface area (Å²) in [6, 6.07) is 8.21. The van der Waals surface area contributed by atoms with Crippen LogP contribution in [-0.4, -0.2) is 19.1 Å². The highest BCUT2D eigenvalue weighted by molar-refractivity contribution is 5.79. The zero-order chi connectivity index (χ0) is 13.9. The van der Waals surface area contributed by atoms with Crippen molar-refractivity contribution >= 4 is 5.91 Å². The predicted octanol–water partition coefficient (Wildman–Crippen LogP) is 2.77. The summed E-state index contributed by atoms with van der Waals surface area (Å²) in [5.74, 6) is 0.244. The van der Waals surface area contributed by atoms with E-state index in [9.17, 15) is 4.79 Å². The fourth-order valence-corrected chi connectivity index (χ4v) is 2.71. The Morgan fingerprint density at radius 1 is 1.26 bits per heavy atom. The molecule has 1 aromatic rings. The van der Waals surface area contributed by atoms with E-state index >= 15 is 0 Å². The molecular formula is C16H23NO2. The Labute approximate surface area is 115 Å². The van der Waals surface area contributed by atoms with E-state index in [1.54, 1.807) is 0 Å². The van der Waals surface area contributed by atoms with Gasteiger partial charge in [-0.05, 0) is 44.7 Å². The molecule has 0 spiro atoms. The molecular weight excluding hydrogens is 238 g/mol. The maximum absolute atomic E-state index is 12.3. The lowest BCUT2D eigenvalue weighted by Gasteiger charge is -2.31. The second kappa shape index (κ2) is 5.74. The molecule has 0 radical (unpaired) electrons. The van der Waals surface area contributed by atoms with Crippen LogP contribution >= 0.6 is 0 Å². The van der Waals surface area contributed by atoms with Crippen LogP contribution in [0, 0.1) is 12.8 Å². The van der Waals surface area contributed by atoms with Gasteiger partial charge in [0.05, 0.1) is 5.54 Å². The van der Waals surface area contributed by atoms with E-state index in [2.05, 4.69) is 38.2 Å². The Kier molecular flexibility index (Phi) is 4.25. The monoisotopic (exact) mass is 261 g/mol. The van der Waals surface area contributed by atoms with Crippen LogP contribution in [0.4, 0.5) is 0 Å². The van der Waals surface area contributed by atoms with E-state index in [1.165, 1.54) is 11.1 Å². The van der Waals surface area contributed by atoms with E-state index < -0.39 is 0 Å². The van der Waals surface area contributed by atoms with Gasteiger partial charge in [-0.2, -0.15) is 0 Å². The molecule has 1 N–H and O–H groups in total. The Morgan fingerprint density at radius 2 is 1.89 bits per heavy atom. The van der Waals surface area contributed by atoms with Crippen molar-refractivity contribution in [2.75, 3.05) is 13.2 Å². The van der Waals surface area contributed by atoms with Gasteiger partial charge in [0.25, 0.3) is 0 Å². The molecule has 1 aromatic carbocycles. The standard InChI is InChI=1S/C16H23NO2/c1-12-6-4-5-7-14(12)16(2,3)17-15(18)13-8-10-19-11-9-13/h4-7,13H,8-11H2,1-3H3,(H,17,18). The molecule has 1 saturated heterocycles. The molecule has 1 amide bonds. The molecule has 0 saturated carbocycles. The van der Waals surface area contributed by atoms with Crippen molar-refractivity contribution < 1.29 is 9.53 Å². The smallest absolute Gasteiger partial charge is 0.223 e. The second-order valence-electron chi connectivity index (χ2n) is 5.82. The van der Waals surface area contributed by atoms with Gasteiger partial charge in [-0.1, -0.05) is 24.3 Å². The fraction of sp³-hybridized carbons (Fsp3) is 0.562. The Morgan fingerprint density at radius 3 is 2.53 bits per heavy atom. The van der Waals surface area contributed by atoms with E-state index in [4.69, 9.17) is 4.74 Å². The molecule has 1 fully saturated rings. The van der Waals surface area contributed by atoms with Crippen LogP contribution in [0.3, 0.4) is 0 Å². The number of hydrogen-bond acceptors (Lipinski definition) is 2. The van der Waals surface area contributed by atoms with Crippen molar-refractivity contribution in [1.82, 2.24) is 5.32 Å². The van der Waals surface area contributed by atoms with Crippen molar-refractivity contribution in [3.05, 3.63) is 35.4 Å². The highest BCUT2D eigenvalue weighted by Crippen LogP contribution is 2.25. The first kappa shape index (κ1) is 14.1. The number of amides is 1. The van der Waals surface area contributed by atoms with Gasteiger partial charge in [0.2, 0.25) is 5.91 Å². The summed E-state index contributed by atoms with van der Waals surface area (Å²) >= 11 is 0. The first-order chi connectivity index (χ1) is 9.00. The third-order valence-corrected chi connectivity index (χ3v) is 3.85. The van der Waals surface area contributed by atoms with Crippen molar-refractivity contribution in [2.24, 2.45) is 5.92 Å². The zero-order valence-electron chi connectivity index (χ0n) is 12.0. The quantitative estimate of drug-likeness (QED) is 0.908. The highest BCUT2D eigenvalue weighted by atomic mass is 16.5. The summed E-state index contributed by atoms with van der Waals surface area (Å²) in [4.78, 5) is 12.3. The maximum atomic E-state index is 12.3. The minimum atomic E-state index is -0.333. The summed E-state index contributed by atoms with van der Waals surface area (Å²) in [7, 11) is 0. The topological polar surface area (TPSA) is 38.3 Å². The lowest BCUT2D eigenvalue weighted by atomic mass is 9.89. The number of nitrogens with one attached hydrogen (secondary N) is 1. The normalized spacial score (nSPS) is 17.2. The third-order valence-electron chi connectivity index (χ3n) is 3.85.